The molecule has 36 heavy (non-hydrogen) atoms. The Bertz CT molecular complexity index is 1170. The molecule has 0 saturated carbocycles. The maximum Gasteiger partial charge on any atom is 0.261 e. The lowest BCUT2D eigenvalue weighted by molar-refractivity contribution is -0.143. The van der Waals surface area contributed by atoms with Gasteiger partial charge in [0, 0.05) is 29.1 Å². The molecule has 0 radical (unpaired) electrons. The van der Waals surface area contributed by atoms with Gasteiger partial charge in [0.1, 0.15) is 11.8 Å². The molecule has 0 aliphatic rings. The molecule has 0 bridgehead atoms. The van der Waals surface area contributed by atoms with Gasteiger partial charge in [0.15, 0.2) is 6.61 Å². The summed E-state index contributed by atoms with van der Waals surface area (Å²) in [5.41, 5.74) is 2.56. The molecule has 0 aliphatic heterocycles. The fourth-order valence-corrected chi connectivity index (χ4v) is 4.24. The molecule has 0 fully saturated rings. The molecule has 3 rings (SSSR count). The van der Waals surface area contributed by atoms with Gasteiger partial charge in [-0.05, 0) is 55.2 Å². The van der Waals surface area contributed by atoms with E-state index in [4.69, 9.17) is 27.9 Å². The van der Waals surface area contributed by atoms with Crippen molar-refractivity contribution in [3.63, 3.8) is 0 Å². The zero-order chi connectivity index (χ0) is 26.1. The molecule has 7 heteroatoms. The van der Waals surface area contributed by atoms with E-state index < -0.39 is 6.04 Å². The first-order valence-electron chi connectivity index (χ1n) is 12.0. The molecule has 3 aromatic rings. The number of hydrogen-bond donors (Lipinski definition) is 1. The van der Waals surface area contributed by atoms with Crippen LogP contribution < -0.4 is 10.1 Å². The minimum atomic E-state index is -0.763. The normalized spacial score (nSPS) is 12.5. The van der Waals surface area contributed by atoms with Crippen molar-refractivity contribution >= 4 is 35.0 Å². The van der Waals surface area contributed by atoms with Gasteiger partial charge in [-0.1, -0.05) is 84.7 Å². The predicted molar refractivity (Wildman–Crippen MR) is 146 cm³/mol. The molecule has 5 nitrogen and oxygen atoms in total. The first-order valence-corrected chi connectivity index (χ1v) is 12.8. The smallest absolute Gasteiger partial charge is 0.261 e. The summed E-state index contributed by atoms with van der Waals surface area (Å²) in [5, 5.41) is 3.98. The number of carbonyl (C=O) groups is 2. The van der Waals surface area contributed by atoms with E-state index in [1.807, 2.05) is 75.4 Å². The van der Waals surface area contributed by atoms with Crippen LogP contribution in [0.3, 0.4) is 0 Å². The maximum atomic E-state index is 13.7. The van der Waals surface area contributed by atoms with Crippen LogP contribution in [-0.4, -0.2) is 35.4 Å². The van der Waals surface area contributed by atoms with Crippen molar-refractivity contribution < 1.29 is 14.3 Å². The highest BCUT2D eigenvalue weighted by molar-refractivity contribution is 6.35. The standard InChI is InChI=1S/C29H32Cl2N2O3/c1-4-21(3)32-29(35)26(16-22-11-6-5-7-12-22)33(18-23-14-15-24(30)17-25(23)31)28(34)19-36-27-13-9-8-10-20(27)2/h5-15,17,21,26H,4,16,18-19H2,1-3H3,(H,32,35)/t21-,26-/m1/s1. The van der Waals surface area contributed by atoms with Crippen molar-refractivity contribution in [3.05, 3.63) is 99.5 Å². The first-order chi connectivity index (χ1) is 17.3. The van der Waals surface area contributed by atoms with E-state index in [1.165, 1.54) is 0 Å². The number of amides is 2. The number of carbonyl (C=O) groups excluding carboxylic acids is 2. The van der Waals surface area contributed by atoms with E-state index in [0.717, 1.165) is 17.5 Å². The van der Waals surface area contributed by atoms with Crippen LogP contribution in [-0.2, 0) is 22.6 Å². The minimum absolute atomic E-state index is 0.0323. The molecule has 0 aliphatic carbocycles. The van der Waals surface area contributed by atoms with Crippen LogP contribution in [0, 0.1) is 6.92 Å². The van der Waals surface area contributed by atoms with Crippen LogP contribution in [0.15, 0.2) is 72.8 Å². The van der Waals surface area contributed by atoms with E-state index in [1.54, 1.807) is 23.1 Å². The van der Waals surface area contributed by atoms with E-state index in [9.17, 15) is 9.59 Å². The maximum absolute atomic E-state index is 13.7. The molecule has 1 N–H and O–H groups in total. The van der Waals surface area contributed by atoms with Crippen LogP contribution in [0.1, 0.15) is 37.0 Å². The lowest BCUT2D eigenvalue weighted by atomic mass is 10.0. The molecule has 2 atom stereocenters. The number of hydrogen-bond acceptors (Lipinski definition) is 3. The predicted octanol–water partition coefficient (Wildman–Crippen LogP) is 6.24. The molecule has 0 heterocycles. The van der Waals surface area contributed by atoms with E-state index >= 15 is 0 Å². The fraction of sp³-hybridized carbons (Fsp3) is 0.310. The Labute approximate surface area is 223 Å². The Morgan fingerprint density at radius 3 is 2.36 bits per heavy atom. The van der Waals surface area contributed by atoms with Crippen LogP contribution in [0.25, 0.3) is 0 Å². The van der Waals surface area contributed by atoms with Gasteiger partial charge < -0.3 is 15.0 Å². The van der Waals surface area contributed by atoms with Gasteiger partial charge >= 0.3 is 0 Å². The summed E-state index contributed by atoms with van der Waals surface area (Å²) in [6.07, 6.45) is 1.13. The molecule has 190 valence electrons. The summed E-state index contributed by atoms with van der Waals surface area (Å²) in [5.74, 6) is 0.0889. The number of rotatable bonds is 11. The third-order valence-corrected chi connectivity index (χ3v) is 6.66. The van der Waals surface area contributed by atoms with Crippen LogP contribution in [0.5, 0.6) is 5.75 Å². The SMILES string of the molecule is CC[C@@H](C)NC(=O)[C@@H](Cc1ccccc1)N(Cc1ccc(Cl)cc1Cl)C(=O)COc1ccccc1C. The van der Waals surface area contributed by atoms with Gasteiger partial charge in [0.05, 0.1) is 0 Å². The highest BCUT2D eigenvalue weighted by atomic mass is 35.5. The van der Waals surface area contributed by atoms with E-state index in [0.29, 0.717) is 27.8 Å². The number of benzene rings is 3. The van der Waals surface area contributed by atoms with Crippen molar-refractivity contribution in [2.45, 2.75) is 52.2 Å². The van der Waals surface area contributed by atoms with Gasteiger partial charge in [-0.15, -0.1) is 0 Å². The number of aryl methyl sites for hydroxylation is 1. The summed E-state index contributed by atoms with van der Waals surface area (Å²) < 4.78 is 5.87. The molecule has 3 aromatic carbocycles. The summed E-state index contributed by atoms with van der Waals surface area (Å²) in [4.78, 5) is 28.7. The van der Waals surface area contributed by atoms with E-state index in [-0.39, 0.29) is 31.0 Å². The van der Waals surface area contributed by atoms with Crippen molar-refractivity contribution in [1.29, 1.82) is 0 Å². The first kappa shape index (κ1) is 27.6. The van der Waals surface area contributed by atoms with Gasteiger partial charge in [0.25, 0.3) is 5.91 Å². The summed E-state index contributed by atoms with van der Waals surface area (Å²) >= 11 is 12.6. The van der Waals surface area contributed by atoms with Crippen LogP contribution in [0.4, 0.5) is 0 Å². The average molecular weight is 527 g/mol. The second kappa shape index (κ2) is 13.3. The summed E-state index contributed by atoms with van der Waals surface area (Å²) in [7, 11) is 0. The Kier molecular flexibility index (Phi) is 10.2. The minimum Gasteiger partial charge on any atom is -0.484 e. The van der Waals surface area contributed by atoms with Crippen LogP contribution >= 0.6 is 23.2 Å². The van der Waals surface area contributed by atoms with Crippen LogP contribution in [0.2, 0.25) is 10.0 Å². The topological polar surface area (TPSA) is 58.6 Å². The van der Waals surface area contributed by atoms with Crippen molar-refractivity contribution in [2.24, 2.45) is 0 Å². The Morgan fingerprint density at radius 1 is 1.00 bits per heavy atom. The number of nitrogens with one attached hydrogen (secondary N) is 1. The number of halogens is 2. The summed E-state index contributed by atoms with van der Waals surface area (Å²) in [6, 6.07) is 21.5. The molecule has 0 saturated heterocycles. The number of nitrogens with zero attached hydrogens (tertiary/aromatic N) is 1. The van der Waals surface area contributed by atoms with Crippen molar-refractivity contribution in [1.82, 2.24) is 10.2 Å². The van der Waals surface area contributed by atoms with Gasteiger partial charge in [-0.2, -0.15) is 0 Å². The Balaban J connectivity index is 1.95. The fourth-order valence-electron chi connectivity index (χ4n) is 3.77. The van der Waals surface area contributed by atoms with Gasteiger partial charge in [-0.25, -0.2) is 0 Å². The molecule has 2 amide bonds. The quantitative estimate of drug-likeness (QED) is 0.322. The largest absolute Gasteiger partial charge is 0.484 e. The summed E-state index contributed by atoms with van der Waals surface area (Å²) in [6.45, 7) is 5.79. The van der Waals surface area contributed by atoms with Gasteiger partial charge in [-0.3, -0.25) is 9.59 Å². The monoisotopic (exact) mass is 526 g/mol. The molecule has 0 spiro atoms. The van der Waals surface area contributed by atoms with Gasteiger partial charge in [0.2, 0.25) is 5.91 Å². The number of para-hydroxylation sites is 1. The molecule has 0 unspecified atom stereocenters. The highest BCUT2D eigenvalue weighted by Crippen LogP contribution is 2.24. The second-order valence-corrected chi connectivity index (χ2v) is 9.68. The zero-order valence-corrected chi connectivity index (χ0v) is 22.4. The molecular formula is C29H32Cl2N2O3. The number of ether oxygens (including phenoxy) is 1. The Morgan fingerprint density at radius 2 is 1.69 bits per heavy atom. The van der Waals surface area contributed by atoms with E-state index in [2.05, 4.69) is 5.32 Å². The van der Waals surface area contributed by atoms with Crippen molar-refractivity contribution in [2.75, 3.05) is 6.61 Å². The third kappa shape index (κ3) is 7.74. The lowest BCUT2D eigenvalue weighted by Crippen LogP contribution is -2.53. The second-order valence-electron chi connectivity index (χ2n) is 8.83. The molecular weight excluding hydrogens is 495 g/mol. The lowest BCUT2D eigenvalue weighted by Gasteiger charge is -2.32. The Hall–Kier alpha value is -3.02. The molecule has 0 aromatic heterocycles. The highest BCUT2D eigenvalue weighted by Gasteiger charge is 2.31. The zero-order valence-electron chi connectivity index (χ0n) is 20.8. The average Bonchev–Trinajstić information content (AvgIpc) is 2.87. The van der Waals surface area contributed by atoms with Crippen molar-refractivity contribution in [3.8, 4) is 5.75 Å². The third-order valence-electron chi connectivity index (χ3n) is 6.07.